The summed E-state index contributed by atoms with van der Waals surface area (Å²) in [6.07, 6.45) is 14.3. The van der Waals surface area contributed by atoms with Crippen LogP contribution in [0.1, 0.15) is 519 Å². The van der Waals surface area contributed by atoms with Crippen LogP contribution < -0.4 is 0 Å². The van der Waals surface area contributed by atoms with Gasteiger partial charge in [-0.25, -0.2) is 0 Å². The number of hydrogen-bond donors (Lipinski definition) is 3. The van der Waals surface area contributed by atoms with Crippen molar-refractivity contribution in [2.24, 2.45) is 16.8 Å². The fourth-order valence-electron chi connectivity index (χ4n) is 13.7. The van der Waals surface area contributed by atoms with E-state index in [4.69, 9.17) is 0 Å². The van der Waals surface area contributed by atoms with E-state index in [2.05, 4.69) is 352 Å². The first kappa shape index (κ1) is 121. The fourth-order valence-corrected chi connectivity index (χ4v) is 13.7. The lowest BCUT2D eigenvalue weighted by atomic mass is 9.87. The van der Waals surface area contributed by atoms with E-state index in [9.17, 15) is 0 Å². The fraction of sp³-hybridized carbons (Fsp3) is 0.604. The minimum atomic E-state index is 0. The average molecular weight is 1660 g/mol. The normalized spacial score (nSPS) is 10.7. The smallest absolute Gasteiger partial charge is 0.0653 e. The van der Waals surface area contributed by atoms with Gasteiger partial charge in [-0.05, 0) is 215 Å². The number of fused-ring (bicyclic) bond motifs is 4. The molecule has 9 heteroatoms. The van der Waals surface area contributed by atoms with Gasteiger partial charge in [-0.1, -0.05) is 400 Å². The van der Waals surface area contributed by atoms with Crippen molar-refractivity contribution in [3.63, 3.8) is 0 Å². The molecule has 5 aromatic carbocycles. The molecule has 682 valence electrons. The highest BCUT2D eigenvalue weighted by atomic mass is 15.1. The molecule has 0 amide bonds. The van der Waals surface area contributed by atoms with Crippen LogP contribution in [0.4, 0.5) is 0 Å². The van der Waals surface area contributed by atoms with Crippen LogP contribution in [0.3, 0.4) is 0 Å². The van der Waals surface area contributed by atoms with Gasteiger partial charge in [0.15, 0.2) is 0 Å². The van der Waals surface area contributed by atoms with Crippen molar-refractivity contribution in [1.29, 1.82) is 0 Å². The molecule has 11 rings (SSSR count). The van der Waals surface area contributed by atoms with Crippen molar-refractivity contribution < 1.29 is 1.43 Å². The highest BCUT2D eigenvalue weighted by molar-refractivity contribution is 5.86. The number of aromatic nitrogens is 8. The lowest BCUT2D eigenvalue weighted by molar-refractivity contribution is 0.476. The Labute approximate surface area is 745 Å². The number of aliphatic imine (C=N–C) groups is 1. The second-order valence-corrected chi connectivity index (χ2v) is 34.0. The van der Waals surface area contributed by atoms with E-state index >= 15 is 0 Å². The molecule has 0 saturated carbocycles. The summed E-state index contributed by atoms with van der Waals surface area (Å²) in [5.74, 6) is 9.85. The Bertz CT molecular complexity index is 3770. The standard InChI is InChI=1S/C14H19N.3C13H18N2.C12H18.2C11H17N.C8H18.8C2H6.H2/c1-9(2)13-5-11-7-15-8-12(11)6-14(13)10(3)4;1-8(2)11-5-10-7-14-15-13(10)6-12(11)9(3)4;2*1-8(2)10-5-6-12-11(7-14-15-12)13(10)9(3)4;1-9(2)11-7-5-6-8-12(11)10(3)4;2*1-8(2)10-6-5-7-12-11(10)9(3)4;1-7(2)5-6-8(3)4;8*1-2;/h5-7,9-10H,8H2,1-4H3;3*5-9H,1-4H3,(H,14,15);5-10H,1-4H3;2*5-9H,1-4H3;7-8H,5-6H2,1-4H3;8*1-2H3;1H/i;;;;;;;;;;;;;;;;1+2. The third-order valence-electron chi connectivity index (χ3n) is 19.4. The van der Waals surface area contributed by atoms with E-state index in [0.29, 0.717) is 82.9 Å². The lowest BCUT2D eigenvalue weighted by Gasteiger charge is -2.17. The van der Waals surface area contributed by atoms with Crippen LogP contribution in [0.2, 0.25) is 0 Å². The van der Waals surface area contributed by atoms with Crippen LogP contribution >= 0.6 is 0 Å². The van der Waals surface area contributed by atoms with Gasteiger partial charge in [0, 0.05) is 47.6 Å². The van der Waals surface area contributed by atoms with Crippen molar-refractivity contribution in [1.82, 2.24) is 40.6 Å². The van der Waals surface area contributed by atoms with Gasteiger partial charge >= 0.3 is 0 Å². The highest BCUT2D eigenvalue weighted by Gasteiger charge is 2.20. The number of nitrogens with zero attached hydrogens (tertiary/aromatic N) is 6. The summed E-state index contributed by atoms with van der Waals surface area (Å²) < 4.78 is 0. The summed E-state index contributed by atoms with van der Waals surface area (Å²) in [4.78, 5) is 13.1. The molecule has 1 aliphatic heterocycles. The first-order valence-corrected chi connectivity index (χ1v) is 47.9. The Hall–Kier alpha value is -7.52. The zero-order chi connectivity index (χ0) is 94.0. The third kappa shape index (κ3) is 42.5. The Morgan fingerprint density at radius 1 is 0.275 bits per heavy atom. The van der Waals surface area contributed by atoms with Gasteiger partial charge in [0.2, 0.25) is 0 Å². The second kappa shape index (κ2) is 69.0. The lowest BCUT2D eigenvalue weighted by Crippen LogP contribution is -2.01. The minimum absolute atomic E-state index is 0. The van der Waals surface area contributed by atoms with Gasteiger partial charge in [0.05, 0.1) is 41.7 Å². The van der Waals surface area contributed by atoms with Crippen LogP contribution in [0.15, 0.2) is 133 Å². The monoisotopic (exact) mass is 1650 g/mol. The van der Waals surface area contributed by atoms with E-state index in [1.807, 2.05) is 160 Å². The van der Waals surface area contributed by atoms with Crippen LogP contribution in [-0.2, 0) is 6.54 Å². The molecule has 0 aliphatic carbocycles. The number of H-pyrrole nitrogens is 3. The molecule has 120 heavy (non-hydrogen) atoms. The number of hydrogen-bond acceptors (Lipinski definition) is 6. The number of nitrogens with one attached hydrogen (secondary N) is 3. The van der Waals surface area contributed by atoms with Crippen molar-refractivity contribution in [2.45, 2.75) is 435 Å². The van der Waals surface area contributed by atoms with Crippen molar-refractivity contribution in [2.75, 3.05) is 0 Å². The molecule has 9 nitrogen and oxygen atoms in total. The zero-order valence-electron chi connectivity index (χ0n) is 87.2. The van der Waals surface area contributed by atoms with Gasteiger partial charge in [-0.15, -0.1) is 0 Å². The van der Waals surface area contributed by atoms with Gasteiger partial charge in [0.25, 0.3) is 0 Å². The van der Waals surface area contributed by atoms with E-state index in [1.165, 1.54) is 118 Å². The largest absolute Gasteiger partial charge is 0.288 e. The quantitative estimate of drug-likeness (QED) is 0.0838. The maximum atomic E-state index is 4.40. The van der Waals surface area contributed by atoms with E-state index < -0.39 is 0 Å². The molecule has 3 N–H and O–H groups in total. The molecule has 0 radical (unpaired) electrons. The molecule has 5 aromatic heterocycles. The number of benzene rings is 5. The third-order valence-corrected chi connectivity index (χ3v) is 19.4. The predicted molar refractivity (Wildman–Crippen MR) is 550 cm³/mol. The molecule has 0 spiro atoms. The first-order valence-electron chi connectivity index (χ1n) is 47.9. The van der Waals surface area contributed by atoms with E-state index in [0.717, 1.165) is 34.9 Å². The molecule has 0 unspecified atom stereocenters. The van der Waals surface area contributed by atoms with Gasteiger partial charge in [-0.2, -0.15) is 15.3 Å². The summed E-state index contributed by atoms with van der Waals surface area (Å²) in [5.41, 5.74) is 26.0. The number of rotatable bonds is 17. The molecule has 0 saturated heterocycles. The molecule has 6 heterocycles. The summed E-state index contributed by atoms with van der Waals surface area (Å²) in [6.45, 7) is 105. The highest BCUT2D eigenvalue weighted by Crippen LogP contribution is 2.36. The summed E-state index contributed by atoms with van der Waals surface area (Å²) in [5, 5.41) is 25.2. The molecule has 0 bridgehead atoms. The van der Waals surface area contributed by atoms with Gasteiger partial charge in [-0.3, -0.25) is 30.3 Å². The molecular formula is C111H193N9. The van der Waals surface area contributed by atoms with Gasteiger partial charge in [0.1, 0.15) is 0 Å². The maximum absolute atomic E-state index is 4.40. The van der Waals surface area contributed by atoms with E-state index in [-0.39, 0.29) is 1.43 Å². The van der Waals surface area contributed by atoms with Crippen LogP contribution in [0.25, 0.3) is 32.7 Å². The summed E-state index contributed by atoms with van der Waals surface area (Å²) in [6, 6.07) is 35.0. The van der Waals surface area contributed by atoms with Gasteiger partial charge < -0.3 is 0 Å². The Morgan fingerprint density at radius 2 is 0.567 bits per heavy atom. The van der Waals surface area contributed by atoms with Crippen LogP contribution in [0.5, 0.6) is 0 Å². The van der Waals surface area contributed by atoms with Crippen molar-refractivity contribution in [3.8, 4) is 0 Å². The first-order chi connectivity index (χ1) is 56.9. The predicted octanol–water partition coefficient (Wildman–Crippen LogP) is 37.4. The SMILES string of the molecule is CC.CC.CC.CC.CC.CC.CC.CC.CC(C)CCC(C)C.CC(C)c1cc2c(cc1C(C)C)CN=C2.CC(C)c1cc2cn[nH]c2cc1C(C)C.CC(C)c1ccc2[nH]ncc2c1C(C)C.CC(C)c1ccc2[nH]ncc2c1C(C)C.CC(C)c1ccccc1C(C)C.CC(C)c1cccnc1C(C)C.CC(C)c1cccnc1C(C)C.[3HH]. The van der Waals surface area contributed by atoms with Crippen LogP contribution in [0, 0.1) is 11.8 Å². The van der Waals surface area contributed by atoms with Crippen molar-refractivity contribution in [3.05, 3.63) is 217 Å². The molecular weight excluding hydrogens is 1460 g/mol. The van der Waals surface area contributed by atoms with Crippen molar-refractivity contribution >= 4 is 38.9 Å². The molecule has 0 atom stereocenters. The second-order valence-electron chi connectivity index (χ2n) is 34.0. The number of pyridine rings is 2. The molecule has 1 aliphatic rings. The Balaban J connectivity index is -0.000000306. The summed E-state index contributed by atoms with van der Waals surface area (Å²) in [7, 11) is 0. The Morgan fingerprint density at radius 3 is 0.867 bits per heavy atom. The molecule has 0 fully saturated rings. The zero-order valence-corrected chi connectivity index (χ0v) is 87.2. The molecule has 10 aromatic rings. The number of aromatic amines is 3. The average Bonchev–Trinajstić information content (AvgIpc) is 1.71. The topological polar surface area (TPSA) is 124 Å². The maximum Gasteiger partial charge on any atom is 0.0653 e. The summed E-state index contributed by atoms with van der Waals surface area (Å²) >= 11 is 0. The Kier molecular flexibility index (Phi) is 69.5. The van der Waals surface area contributed by atoms with Crippen LogP contribution in [-0.4, -0.2) is 46.8 Å². The minimum Gasteiger partial charge on any atom is -0.288 e. The van der Waals surface area contributed by atoms with E-state index in [1.54, 1.807) is 0 Å².